The van der Waals surface area contributed by atoms with Gasteiger partial charge in [-0.2, -0.15) is 0 Å². The van der Waals surface area contributed by atoms with Crippen molar-refractivity contribution in [1.82, 2.24) is 0 Å². The predicted molar refractivity (Wildman–Crippen MR) is 73.3 cm³/mol. The molecule has 0 aromatic heterocycles. The number of benzene rings is 2. The van der Waals surface area contributed by atoms with E-state index in [-0.39, 0.29) is 6.04 Å². The second-order valence-electron chi connectivity index (χ2n) is 4.03. The second-order valence-corrected chi connectivity index (χ2v) is 4.03. The van der Waals surface area contributed by atoms with E-state index in [9.17, 15) is 0 Å². The minimum Gasteiger partial charge on any atom is -0.399 e. The van der Waals surface area contributed by atoms with Crippen molar-refractivity contribution in [3.05, 3.63) is 65.7 Å². The normalized spacial score (nSPS) is 12.8. The Kier molecular flexibility index (Phi) is 3.55. The lowest BCUT2D eigenvalue weighted by Crippen LogP contribution is -1.91. The van der Waals surface area contributed by atoms with Crippen molar-refractivity contribution in [2.75, 3.05) is 5.73 Å². The standard InChI is InChI=1S/C15H16N2/c1-12(14-5-3-2-4-6-14)17-11-13-7-9-15(16)10-8-13/h2-12H,16H2,1H3/t12-/m0/s1. The molecule has 86 valence electrons. The van der Waals surface area contributed by atoms with Crippen LogP contribution in [0.1, 0.15) is 24.1 Å². The Bertz CT molecular complexity index is 486. The number of rotatable bonds is 3. The van der Waals surface area contributed by atoms with E-state index >= 15 is 0 Å². The number of nitrogens with two attached hydrogens (primary N) is 1. The Morgan fingerprint density at radius 1 is 1.00 bits per heavy atom. The molecule has 0 aliphatic heterocycles. The predicted octanol–water partition coefficient (Wildman–Crippen LogP) is 3.45. The summed E-state index contributed by atoms with van der Waals surface area (Å²) in [5, 5.41) is 0. The second kappa shape index (κ2) is 5.30. The first-order valence-corrected chi connectivity index (χ1v) is 5.69. The highest BCUT2D eigenvalue weighted by molar-refractivity contribution is 5.80. The van der Waals surface area contributed by atoms with Gasteiger partial charge in [-0.05, 0) is 30.2 Å². The number of nitrogen functional groups attached to an aromatic ring is 1. The van der Waals surface area contributed by atoms with Gasteiger partial charge in [-0.15, -0.1) is 0 Å². The Morgan fingerprint density at radius 3 is 2.29 bits per heavy atom. The molecule has 0 bridgehead atoms. The number of hydrogen-bond acceptors (Lipinski definition) is 2. The molecule has 0 fully saturated rings. The molecule has 2 rings (SSSR count). The van der Waals surface area contributed by atoms with Gasteiger partial charge in [0.2, 0.25) is 0 Å². The molecule has 2 aromatic carbocycles. The van der Waals surface area contributed by atoms with Gasteiger partial charge in [0.15, 0.2) is 0 Å². The summed E-state index contributed by atoms with van der Waals surface area (Å²) in [5.41, 5.74) is 8.70. The van der Waals surface area contributed by atoms with E-state index in [2.05, 4.69) is 24.0 Å². The molecule has 0 heterocycles. The Hall–Kier alpha value is -2.09. The monoisotopic (exact) mass is 224 g/mol. The largest absolute Gasteiger partial charge is 0.399 e. The average molecular weight is 224 g/mol. The third-order valence-corrected chi connectivity index (χ3v) is 2.67. The van der Waals surface area contributed by atoms with Crippen molar-refractivity contribution in [1.29, 1.82) is 0 Å². The maximum atomic E-state index is 5.63. The fraction of sp³-hybridized carbons (Fsp3) is 0.133. The lowest BCUT2D eigenvalue weighted by atomic mass is 10.1. The van der Waals surface area contributed by atoms with Gasteiger partial charge in [0.1, 0.15) is 0 Å². The Balaban J connectivity index is 2.08. The van der Waals surface area contributed by atoms with Gasteiger partial charge in [-0.1, -0.05) is 42.5 Å². The summed E-state index contributed by atoms with van der Waals surface area (Å²) < 4.78 is 0. The van der Waals surface area contributed by atoms with Crippen LogP contribution in [0.3, 0.4) is 0 Å². The number of aliphatic imine (C=N–C) groups is 1. The lowest BCUT2D eigenvalue weighted by molar-refractivity contribution is 0.825. The summed E-state index contributed by atoms with van der Waals surface area (Å²) in [4.78, 5) is 4.53. The zero-order valence-corrected chi connectivity index (χ0v) is 9.88. The molecule has 2 aromatic rings. The molecule has 2 nitrogen and oxygen atoms in total. The molecule has 0 saturated heterocycles. The third-order valence-electron chi connectivity index (χ3n) is 2.67. The fourth-order valence-electron chi connectivity index (χ4n) is 1.60. The zero-order valence-electron chi connectivity index (χ0n) is 9.88. The summed E-state index contributed by atoms with van der Waals surface area (Å²) in [6, 6.07) is 18.1. The Morgan fingerprint density at radius 2 is 1.65 bits per heavy atom. The summed E-state index contributed by atoms with van der Waals surface area (Å²) >= 11 is 0. The highest BCUT2D eigenvalue weighted by atomic mass is 14.8. The van der Waals surface area contributed by atoms with E-state index in [1.54, 1.807) is 0 Å². The van der Waals surface area contributed by atoms with Gasteiger partial charge in [0.05, 0.1) is 6.04 Å². The highest BCUT2D eigenvalue weighted by Gasteiger charge is 2.00. The van der Waals surface area contributed by atoms with Crippen molar-refractivity contribution in [2.24, 2.45) is 4.99 Å². The first kappa shape index (κ1) is 11.4. The molecule has 0 radical (unpaired) electrons. The van der Waals surface area contributed by atoms with Gasteiger partial charge >= 0.3 is 0 Å². The molecular weight excluding hydrogens is 208 g/mol. The van der Waals surface area contributed by atoms with Crippen LogP contribution in [0.2, 0.25) is 0 Å². The quantitative estimate of drug-likeness (QED) is 0.629. The molecule has 0 unspecified atom stereocenters. The van der Waals surface area contributed by atoms with Crippen molar-refractivity contribution in [3.63, 3.8) is 0 Å². The molecule has 2 heteroatoms. The lowest BCUT2D eigenvalue weighted by Gasteiger charge is -2.05. The molecule has 0 saturated carbocycles. The van der Waals surface area contributed by atoms with Crippen LogP contribution in [0, 0.1) is 0 Å². The maximum absolute atomic E-state index is 5.63. The first-order chi connectivity index (χ1) is 8.25. The molecule has 17 heavy (non-hydrogen) atoms. The van der Waals surface area contributed by atoms with Gasteiger partial charge in [0, 0.05) is 11.9 Å². The minimum atomic E-state index is 0.175. The number of nitrogens with zero attached hydrogens (tertiary/aromatic N) is 1. The van der Waals surface area contributed by atoms with Crippen LogP contribution in [0.4, 0.5) is 5.69 Å². The van der Waals surface area contributed by atoms with E-state index in [0.29, 0.717) is 0 Å². The molecule has 1 atom stereocenters. The maximum Gasteiger partial charge on any atom is 0.0721 e. The van der Waals surface area contributed by atoms with Gasteiger partial charge in [0.25, 0.3) is 0 Å². The van der Waals surface area contributed by atoms with Crippen LogP contribution in [0.25, 0.3) is 0 Å². The van der Waals surface area contributed by atoms with Crippen LogP contribution >= 0.6 is 0 Å². The van der Waals surface area contributed by atoms with Crippen LogP contribution < -0.4 is 5.73 Å². The Labute approximate surface area is 102 Å². The molecule has 2 N–H and O–H groups in total. The van der Waals surface area contributed by atoms with E-state index in [1.165, 1.54) is 5.56 Å². The SMILES string of the molecule is C[C@H](N=Cc1ccc(N)cc1)c1ccccc1. The van der Waals surface area contributed by atoms with Crippen LogP contribution in [-0.4, -0.2) is 6.21 Å². The first-order valence-electron chi connectivity index (χ1n) is 5.69. The summed E-state index contributed by atoms with van der Waals surface area (Å²) in [6.07, 6.45) is 1.89. The molecular formula is C15H16N2. The van der Waals surface area contributed by atoms with E-state index in [1.807, 2.05) is 48.7 Å². The summed E-state index contributed by atoms with van der Waals surface area (Å²) in [7, 11) is 0. The van der Waals surface area contributed by atoms with Gasteiger partial charge in [-0.25, -0.2) is 0 Å². The van der Waals surface area contributed by atoms with E-state index in [0.717, 1.165) is 11.3 Å². The minimum absolute atomic E-state index is 0.175. The van der Waals surface area contributed by atoms with Gasteiger partial charge in [-0.3, -0.25) is 4.99 Å². The highest BCUT2D eigenvalue weighted by Crippen LogP contribution is 2.15. The molecule has 0 aliphatic rings. The smallest absolute Gasteiger partial charge is 0.0721 e. The van der Waals surface area contributed by atoms with Gasteiger partial charge < -0.3 is 5.73 Å². The summed E-state index contributed by atoms with van der Waals surface area (Å²) in [5.74, 6) is 0. The molecule has 0 amide bonds. The molecule has 0 aliphatic carbocycles. The van der Waals surface area contributed by atoms with Crippen molar-refractivity contribution in [3.8, 4) is 0 Å². The van der Waals surface area contributed by atoms with E-state index in [4.69, 9.17) is 5.73 Å². The number of anilines is 1. The summed E-state index contributed by atoms with van der Waals surface area (Å²) in [6.45, 7) is 2.09. The van der Waals surface area contributed by atoms with Crippen molar-refractivity contribution < 1.29 is 0 Å². The third kappa shape index (κ3) is 3.18. The van der Waals surface area contributed by atoms with E-state index < -0.39 is 0 Å². The van der Waals surface area contributed by atoms with Crippen molar-refractivity contribution in [2.45, 2.75) is 13.0 Å². The van der Waals surface area contributed by atoms with Crippen LogP contribution in [0.15, 0.2) is 59.6 Å². The van der Waals surface area contributed by atoms with Crippen LogP contribution in [0.5, 0.6) is 0 Å². The van der Waals surface area contributed by atoms with Crippen LogP contribution in [-0.2, 0) is 0 Å². The molecule has 0 spiro atoms. The topological polar surface area (TPSA) is 38.4 Å². The fourth-order valence-corrected chi connectivity index (χ4v) is 1.60. The van der Waals surface area contributed by atoms with Crippen molar-refractivity contribution >= 4 is 11.9 Å². The average Bonchev–Trinajstić information content (AvgIpc) is 2.39. The zero-order chi connectivity index (χ0) is 12.1. The number of hydrogen-bond donors (Lipinski definition) is 1.